The summed E-state index contributed by atoms with van der Waals surface area (Å²) in [5.41, 5.74) is 0.268. The molecule has 1 atom stereocenters. The van der Waals surface area contributed by atoms with Crippen LogP contribution in [0, 0.1) is 0 Å². The lowest BCUT2D eigenvalue weighted by atomic mass is 10.1. The van der Waals surface area contributed by atoms with Crippen molar-refractivity contribution in [1.29, 1.82) is 0 Å². The van der Waals surface area contributed by atoms with Crippen LogP contribution in [0.5, 0.6) is 0 Å². The second-order valence-corrected chi connectivity index (χ2v) is 6.93. The van der Waals surface area contributed by atoms with Crippen LogP contribution < -0.4 is 5.32 Å². The molecule has 0 spiro atoms. The third-order valence-corrected chi connectivity index (χ3v) is 3.82. The average molecular weight is 260 g/mol. The molecule has 1 N–H and O–H groups in total. The maximum atomic E-state index is 3.54. The molecule has 1 unspecified atom stereocenters. The Kier molecular flexibility index (Phi) is 9.38. The lowest BCUT2D eigenvalue weighted by Gasteiger charge is -2.24. The zero-order valence-corrected chi connectivity index (χ0v) is 13.5. The molecule has 0 aromatic heterocycles. The van der Waals surface area contributed by atoms with Crippen molar-refractivity contribution in [2.45, 2.75) is 58.5 Å². The van der Waals surface area contributed by atoms with Gasteiger partial charge in [-0.1, -0.05) is 6.42 Å². The highest BCUT2D eigenvalue weighted by atomic mass is 32.2. The fourth-order valence-corrected chi connectivity index (χ4v) is 2.45. The average Bonchev–Trinajstić information content (AvgIpc) is 2.21. The van der Waals surface area contributed by atoms with E-state index in [1.54, 1.807) is 0 Å². The zero-order valence-electron chi connectivity index (χ0n) is 12.7. The Labute approximate surface area is 113 Å². The molecule has 0 heterocycles. The van der Waals surface area contributed by atoms with Gasteiger partial charge in [0.2, 0.25) is 0 Å². The maximum absolute atomic E-state index is 3.54. The topological polar surface area (TPSA) is 15.3 Å². The van der Waals surface area contributed by atoms with Gasteiger partial charge in [0.1, 0.15) is 0 Å². The van der Waals surface area contributed by atoms with Gasteiger partial charge in [0.25, 0.3) is 0 Å². The molecule has 0 aromatic carbocycles. The van der Waals surface area contributed by atoms with Crippen molar-refractivity contribution in [3.8, 4) is 0 Å². The number of thioether (sulfide) groups is 1. The molecule has 2 nitrogen and oxygen atoms in total. The van der Waals surface area contributed by atoms with Gasteiger partial charge < -0.3 is 10.2 Å². The molecular weight excluding hydrogens is 228 g/mol. The van der Waals surface area contributed by atoms with Crippen molar-refractivity contribution in [3.05, 3.63) is 0 Å². The van der Waals surface area contributed by atoms with E-state index in [0.29, 0.717) is 6.04 Å². The van der Waals surface area contributed by atoms with E-state index in [0.717, 1.165) is 6.54 Å². The van der Waals surface area contributed by atoms with Crippen molar-refractivity contribution in [1.82, 2.24) is 10.2 Å². The first-order chi connectivity index (χ1) is 7.87. The summed E-state index contributed by atoms with van der Waals surface area (Å²) < 4.78 is 0. The first-order valence-electron chi connectivity index (χ1n) is 6.81. The van der Waals surface area contributed by atoms with E-state index in [9.17, 15) is 0 Å². The van der Waals surface area contributed by atoms with Gasteiger partial charge in [-0.15, -0.1) is 0 Å². The first kappa shape index (κ1) is 17.3. The summed E-state index contributed by atoms with van der Waals surface area (Å²) in [6.45, 7) is 11.4. The Morgan fingerprint density at radius 3 is 2.35 bits per heavy atom. The van der Waals surface area contributed by atoms with Crippen LogP contribution in [0.2, 0.25) is 0 Å². The smallest absolute Gasteiger partial charge is 0.0154 e. The summed E-state index contributed by atoms with van der Waals surface area (Å²) in [7, 11) is 2.24. The molecule has 0 aliphatic rings. The Morgan fingerprint density at radius 1 is 1.18 bits per heavy atom. The molecule has 104 valence electrons. The van der Waals surface area contributed by atoms with Crippen molar-refractivity contribution >= 4 is 11.8 Å². The van der Waals surface area contributed by atoms with Gasteiger partial charge in [0.15, 0.2) is 0 Å². The molecule has 3 heteroatoms. The van der Waals surface area contributed by atoms with E-state index in [1.165, 1.54) is 31.6 Å². The van der Waals surface area contributed by atoms with E-state index in [2.05, 4.69) is 51.2 Å². The van der Waals surface area contributed by atoms with Crippen LogP contribution in [0.15, 0.2) is 0 Å². The van der Waals surface area contributed by atoms with E-state index < -0.39 is 0 Å². The summed E-state index contributed by atoms with van der Waals surface area (Å²) in [4.78, 5) is 2.48. The summed E-state index contributed by atoms with van der Waals surface area (Å²) in [6.07, 6.45) is 6.13. The minimum Gasteiger partial charge on any atom is -0.312 e. The number of hydrogen-bond donors (Lipinski definition) is 1. The summed E-state index contributed by atoms with van der Waals surface area (Å²) in [6, 6.07) is 0.706. The minimum absolute atomic E-state index is 0.268. The van der Waals surface area contributed by atoms with Crippen molar-refractivity contribution < 1.29 is 0 Å². The van der Waals surface area contributed by atoms with Gasteiger partial charge >= 0.3 is 0 Å². The van der Waals surface area contributed by atoms with E-state index in [1.807, 2.05) is 11.8 Å². The molecule has 0 aromatic rings. The Morgan fingerprint density at radius 2 is 1.82 bits per heavy atom. The summed E-state index contributed by atoms with van der Waals surface area (Å²) in [5.74, 6) is 1.24. The number of hydrogen-bond acceptors (Lipinski definition) is 3. The normalized spacial score (nSPS) is 14.3. The predicted octanol–water partition coefficient (Wildman–Crippen LogP) is 3.23. The maximum Gasteiger partial charge on any atom is 0.0154 e. The van der Waals surface area contributed by atoms with Gasteiger partial charge in [0, 0.05) is 17.3 Å². The van der Waals surface area contributed by atoms with Gasteiger partial charge in [-0.25, -0.2) is 0 Å². The third-order valence-electron chi connectivity index (χ3n) is 3.00. The molecule has 0 fully saturated rings. The quantitative estimate of drug-likeness (QED) is 0.641. The second-order valence-electron chi connectivity index (χ2n) is 6.02. The molecule has 0 saturated heterocycles. The standard InChI is InChI=1S/C14H32N2S/c1-13(12-17-6)16(5)11-9-7-8-10-15-14(2,3)4/h13,15H,7-12H2,1-6H3. The molecule has 0 radical (unpaired) electrons. The molecular formula is C14H32N2S. The van der Waals surface area contributed by atoms with Crippen LogP contribution in [0.25, 0.3) is 0 Å². The fourth-order valence-electron chi connectivity index (χ4n) is 1.72. The highest BCUT2D eigenvalue weighted by Crippen LogP contribution is 2.06. The van der Waals surface area contributed by atoms with Crippen LogP contribution in [0.3, 0.4) is 0 Å². The van der Waals surface area contributed by atoms with Gasteiger partial charge in [0.05, 0.1) is 0 Å². The first-order valence-corrected chi connectivity index (χ1v) is 8.20. The highest BCUT2D eigenvalue weighted by molar-refractivity contribution is 7.98. The number of rotatable bonds is 9. The van der Waals surface area contributed by atoms with Crippen LogP contribution in [0.1, 0.15) is 47.0 Å². The highest BCUT2D eigenvalue weighted by Gasteiger charge is 2.08. The third kappa shape index (κ3) is 11.1. The SMILES string of the molecule is CSCC(C)N(C)CCCCCNC(C)(C)C. The monoisotopic (exact) mass is 260 g/mol. The Balaban J connectivity index is 3.39. The van der Waals surface area contributed by atoms with Crippen LogP contribution >= 0.6 is 11.8 Å². The lowest BCUT2D eigenvalue weighted by molar-refractivity contribution is 0.270. The molecule has 0 aliphatic heterocycles. The van der Waals surface area contributed by atoms with E-state index in [4.69, 9.17) is 0 Å². The summed E-state index contributed by atoms with van der Waals surface area (Å²) >= 11 is 1.94. The number of unbranched alkanes of at least 4 members (excludes halogenated alkanes) is 2. The van der Waals surface area contributed by atoms with Crippen molar-refractivity contribution in [2.24, 2.45) is 0 Å². The van der Waals surface area contributed by atoms with Crippen LogP contribution in [0.4, 0.5) is 0 Å². The number of nitrogens with zero attached hydrogens (tertiary/aromatic N) is 1. The number of nitrogens with one attached hydrogen (secondary N) is 1. The molecule has 0 aliphatic carbocycles. The predicted molar refractivity (Wildman–Crippen MR) is 82.1 cm³/mol. The molecule has 0 saturated carbocycles. The van der Waals surface area contributed by atoms with Crippen molar-refractivity contribution in [2.75, 3.05) is 32.1 Å². The van der Waals surface area contributed by atoms with E-state index >= 15 is 0 Å². The Hall–Kier alpha value is 0.270. The zero-order chi connectivity index (χ0) is 13.3. The van der Waals surface area contributed by atoms with Gasteiger partial charge in [-0.3, -0.25) is 0 Å². The second kappa shape index (κ2) is 9.23. The molecule has 17 heavy (non-hydrogen) atoms. The lowest BCUT2D eigenvalue weighted by Crippen LogP contribution is -2.36. The van der Waals surface area contributed by atoms with Crippen molar-refractivity contribution in [3.63, 3.8) is 0 Å². The van der Waals surface area contributed by atoms with Gasteiger partial charge in [-0.05, 0) is 66.9 Å². The summed E-state index contributed by atoms with van der Waals surface area (Å²) in [5, 5.41) is 3.54. The largest absolute Gasteiger partial charge is 0.312 e. The van der Waals surface area contributed by atoms with Crippen LogP contribution in [-0.4, -0.2) is 48.6 Å². The van der Waals surface area contributed by atoms with E-state index in [-0.39, 0.29) is 5.54 Å². The van der Waals surface area contributed by atoms with Crippen LogP contribution in [-0.2, 0) is 0 Å². The molecule has 0 bridgehead atoms. The van der Waals surface area contributed by atoms with Gasteiger partial charge in [-0.2, -0.15) is 11.8 Å². The molecule has 0 amide bonds. The fraction of sp³-hybridized carbons (Fsp3) is 1.00. The Bertz CT molecular complexity index is 178. The molecule has 0 rings (SSSR count). The minimum atomic E-state index is 0.268.